The Labute approximate surface area is 91.4 Å². The van der Waals surface area contributed by atoms with Crippen molar-refractivity contribution in [2.24, 2.45) is 0 Å². The molecule has 3 heteroatoms. The number of hydrogen-bond acceptors (Lipinski definition) is 3. The number of nitrogens with one attached hydrogen (secondary N) is 1. The van der Waals surface area contributed by atoms with E-state index >= 15 is 0 Å². The van der Waals surface area contributed by atoms with Crippen LogP contribution in [0.15, 0.2) is 23.0 Å². The van der Waals surface area contributed by atoms with E-state index in [2.05, 4.69) is 17.3 Å². The molecule has 1 N–H and O–H groups in total. The van der Waals surface area contributed by atoms with Gasteiger partial charge in [-0.3, -0.25) is 0 Å². The summed E-state index contributed by atoms with van der Waals surface area (Å²) in [5.74, 6) is 0. The zero-order chi connectivity index (χ0) is 10.5. The molecule has 84 valence electrons. The predicted molar refractivity (Wildman–Crippen MR) is 60.7 cm³/mol. The molecule has 1 aromatic rings. The lowest BCUT2D eigenvalue weighted by Crippen LogP contribution is -2.42. The van der Waals surface area contributed by atoms with Crippen LogP contribution in [-0.2, 0) is 6.54 Å². The maximum Gasteiger partial charge on any atom is 0.0947 e. The maximum absolute atomic E-state index is 5.06. The Morgan fingerprint density at radius 2 is 2.47 bits per heavy atom. The second-order valence-electron chi connectivity index (χ2n) is 4.48. The molecule has 0 aromatic carbocycles. The van der Waals surface area contributed by atoms with Crippen molar-refractivity contribution in [2.75, 3.05) is 20.1 Å². The summed E-state index contributed by atoms with van der Waals surface area (Å²) in [5, 5.41) is 3.56. The molecule has 1 saturated heterocycles. The van der Waals surface area contributed by atoms with Gasteiger partial charge >= 0.3 is 0 Å². The van der Waals surface area contributed by atoms with Gasteiger partial charge in [0, 0.05) is 24.7 Å². The number of nitrogens with zero attached hydrogens (tertiary/aromatic N) is 1. The molecule has 0 bridgehead atoms. The third kappa shape index (κ3) is 3.36. The van der Waals surface area contributed by atoms with Gasteiger partial charge in [0.2, 0.25) is 0 Å². The second-order valence-corrected chi connectivity index (χ2v) is 4.48. The Hall–Kier alpha value is -0.800. The summed E-state index contributed by atoms with van der Waals surface area (Å²) >= 11 is 0. The number of furan rings is 1. The minimum absolute atomic E-state index is 0.677. The zero-order valence-electron chi connectivity index (χ0n) is 9.41. The Bertz CT molecular complexity index is 265. The smallest absolute Gasteiger partial charge is 0.0947 e. The Kier molecular flexibility index (Phi) is 3.80. The standard InChI is InChI=1S/C12H20N2O/c1-14(8-11-5-7-15-10-11)9-12-4-2-3-6-13-12/h5,7,10,12-13H,2-4,6,8-9H2,1H3. The van der Waals surface area contributed by atoms with Crippen molar-refractivity contribution in [3.8, 4) is 0 Å². The van der Waals surface area contributed by atoms with E-state index in [-0.39, 0.29) is 0 Å². The van der Waals surface area contributed by atoms with Crippen LogP contribution in [0.25, 0.3) is 0 Å². The van der Waals surface area contributed by atoms with E-state index in [0.717, 1.165) is 13.1 Å². The molecule has 1 unspecified atom stereocenters. The molecule has 15 heavy (non-hydrogen) atoms. The van der Waals surface area contributed by atoms with Crippen molar-refractivity contribution >= 4 is 0 Å². The summed E-state index contributed by atoms with van der Waals surface area (Å²) in [6.07, 6.45) is 7.59. The van der Waals surface area contributed by atoms with Gasteiger partial charge in [0.15, 0.2) is 0 Å². The average Bonchev–Trinajstić information content (AvgIpc) is 2.71. The first kappa shape index (κ1) is 10.7. The van der Waals surface area contributed by atoms with Crippen LogP contribution in [0.4, 0.5) is 0 Å². The monoisotopic (exact) mass is 208 g/mol. The first-order valence-corrected chi connectivity index (χ1v) is 5.77. The number of hydrogen-bond donors (Lipinski definition) is 1. The molecular formula is C12H20N2O. The highest BCUT2D eigenvalue weighted by Crippen LogP contribution is 2.10. The molecule has 0 amide bonds. The van der Waals surface area contributed by atoms with Crippen LogP contribution in [-0.4, -0.2) is 31.1 Å². The quantitative estimate of drug-likeness (QED) is 0.818. The number of likely N-dealkylation sites (N-methyl/N-ethyl adjacent to an activating group) is 1. The lowest BCUT2D eigenvalue weighted by atomic mass is 10.0. The molecule has 0 spiro atoms. The molecule has 1 fully saturated rings. The fourth-order valence-corrected chi connectivity index (χ4v) is 2.21. The van der Waals surface area contributed by atoms with Crippen LogP contribution >= 0.6 is 0 Å². The largest absolute Gasteiger partial charge is 0.472 e. The molecule has 2 heterocycles. The second kappa shape index (κ2) is 5.33. The average molecular weight is 208 g/mol. The summed E-state index contributed by atoms with van der Waals surface area (Å²) in [5.41, 5.74) is 1.26. The van der Waals surface area contributed by atoms with E-state index in [1.54, 1.807) is 6.26 Å². The highest BCUT2D eigenvalue weighted by molar-refractivity contribution is 5.04. The van der Waals surface area contributed by atoms with Crippen molar-refractivity contribution in [1.29, 1.82) is 0 Å². The third-order valence-corrected chi connectivity index (χ3v) is 2.98. The van der Waals surface area contributed by atoms with Crippen LogP contribution in [0.5, 0.6) is 0 Å². The van der Waals surface area contributed by atoms with Crippen molar-refractivity contribution < 1.29 is 4.42 Å². The van der Waals surface area contributed by atoms with Crippen molar-refractivity contribution in [3.05, 3.63) is 24.2 Å². The molecule has 1 aliphatic rings. The first-order chi connectivity index (χ1) is 7.34. The van der Waals surface area contributed by atoms with Crippen molar-refractivity contribution in [3.63, 3.8) is 0 Å². The van der Waals surface area contributed by atoms with Gasteiger partial charge in [0.25, 0.3) is 0 Å². The molecule has 1 aliphatic heterocycles. The van der Waals surface area contributed by atoms with Crippen molar-refractivity contribution in [1.82, 2.24) is 10.2 Å². The van der Waals surface area contributed by atoms with Crippen LogP contribution in [0.1, 0.15) is 24.8 Å². The van der Waals surface area contributed by atoms with E-state index in [1.165, 1.54) is 31.4 Å². The van der Waals surface area contributed by atoms with Crippen molar-refractivity contribution in [2.45, 2.75) is 31.8 Å². The van der Waals surface area contributed by atoms with Crippen LogP contribution in [0.2, 0.25) is 0 Å². The van der Waals surface area contributed by atoms with Gasteiger partial charge in [0.1, 0.15) is 0 Å². The predicted octanol–water partition coefficient (Wildman–Crippen LogP) is 1.85. The van der Waals surface area contributed by atoms with Gasteiger partial charge in [0.05, 0.1) is 12.5 Å². The molecule has 0 saturated carbocycles. The van der Waals surface area contributed by atoms with E-state index in [9.17, 15) is 0 Å². The lowest BCUT2D eigenvalue weighted by Gasteiger charge is -2.27. The minimum atomic E-state index is 0.677. The summed E-state index contributed by atoms with van der Waals surface area (Å²) in [6, 6.07) is 2.71. The lowest BCUT2D eigenvalue weighted by molar-refractivity contribution is 0.256. The van der Waals surface area contributed by atoms with Gasteiger partial charge in [-0.2, -0.15) is 0 Å². The Morgan fingerprint density at radius 3 is 3.13 bits per heavy atom. The fraction of sp³-hybridized carbons (Fsp3) is 0.667. The molecular weight excluding hydrogens is 188 g/mol. The Balaban J connectivity index is 1.74. The summed E-state index contributed by atoms with van der Waals surface area (Å²) in [6.45, 7) is 3.30. The maximum atomic E-state index is 5.06. The van der Waals surface area contributed by atoms with Gasteiger partial charge in [-0.05, 0) is 32.5 Å². The summed E-state index contributed by atoms with van der Waals surface area (Å²) < 4.78 is 5.06. The summed E-state index contributed by atoms with van der Waals surface area (Å²) in [4.78, 5) is 2.36. The van der Waals surface area contributed by atoms with Gasteiger partial charge in [-0.1, -0.05) is 6.42 Å². The number of piperidine rings is 1. The first-order valence-electron chi connectivity index (χ1n) is 5.77. The van der Waals surface area contributed by atoms with Crippen LogP contribution < -0.4 is 5.32 Å². The van der Waals surface area contributed by atoms with E-state index < -0.39 is 0 Å². The highest BCUT2D eigenvalue weighted by Gasteiger charge is 2.14. The normalized spacial score (nSPS) is 22.1. The van der Waals surface area contributed by atoms with Crippen LogP contribution in [0.3, 0.4) is 0 Å². The molecule has 3 nitrogen and oxygen atoms in total. The SMILES string of the molecule is CN(Cc1ccoc1)CC1CCCCN1. The van der Waals surface area contributed by atoms with E-state index in [4.69, 9.17) is 4.42 Å². The minimum Gasteiger partial charge on any atom is -0.472 e. The summed E-state index contributed by atoms with van der Waals surface area (Å²) in [7, 11) is 2.17. The van der Waals surface area contributed by atoms with Gasteiger partial charge < -0.3 is 14.6 Å². The Morgan fingerprint density at radius 1 is 1.53 bits per heavy atom. The van der Waals surface area contributed by atoms with Gasteiger partial charge in [-0.25, -0.2) is 0 Å². The molecule has 1 aromatic heterocycles. The van der Waals surface area contributed by atoms with E-state index in [0.29, 0.717) is 6.04 Å². The number of rotatable bonds is 4. The topological polar surface area (TPSA) is 28.4 Å². The van der Waals surface area contributed by atoms with Crippen LogP contribution in [0, 0.1) is 0 Å². The highest BCUT2D eigenvalue weighted by atomic mass is 16.3. The van der Waals surface area contributed by atoms with Gasteiger partial charge in [-0.15, -0.1) is 0 Å². The molecule has 0 aliphatic carbocycles. The third-order valence-electron chi connectivity index (χ3n) is 2.98. The molecule has 2 rings (SSSR count). The van der Waals surface area contributed by atoms with E-state index in [1.807, 2.05) is 12.3 Å². The molecule has 1 atom stereocenters. The fourth-order valence-electron chi connectivity index (χ4n) is 2.21. The molecule has 0 radical (unpaired) electrons. The zero-order valence-corrected chi connectivity index (χ0v) is 9.41.